The van der Waals surface area contributed by atoms with Crippen molar-refractivity contribution in [1.29, 1.82) is 0 Å². The van der Waals surface area contributed by atoms with Crippen LogP contribution < -0.4 is 5.73 Å². The second kappa shape index (κ2) is 1.78. The second-order valence-corrected chi connectivity index (χ2v) is 2.69. The van der Waals surface area contributed by atoms with Crippen LogP contribution in [0.1, 0.15) is 19.8 Å². The lowest BCUT2D eigenvalue weighted by molar-refractivity contribution is -0.121. The lowest BCUT2D eigenvalue weighted by Crippen LogP contribution is -2.42. The van der Waals surface area contributed by atoms with Crippen LogP contribution in [0, 0.1) is 0 Å². The maximum absolute atomic E-state index is 10.5. The molecule has 3 nitrogen and oxygen atoms in total. The Morgan fingerprint density at radius 3 is 2.33 bits per heavy atom. The minimum Gasteiger partial charge on any atom is -0.388 e. The fraction of sp³-hybridized carbons (Fsp3) is 0.833. The Labute approximate surface area is 53.9 Å². The molecule has 0 heterocycles. The predicted octanol–water partition coefficient (Wildman–Crippen LogP) is -0.572. The van der Waals surface area contributed by atoms with Gasteiger partial charge in [0.25, 0.3) is 0 Å². The van der Waals surface area contributed by atoms with Crippen LogP contribution >= 0.6 is 0 Å². The number of carbonyl (C=O) groups is 1. The van der Waals surface area contributed by atoms with E-state index in [2.05, 4.69) is 0 Å². The number of hydrogen-bond donors (Lipinski definition) is 2. The summed E-state index contributed by atoms with van der Waals surface area (Å²) in [6.07, 6.45) is 1.35. The highest BCUT2D eigenvalue weighted by Crippen LogP contribution is 2.37. The molecule has 0 bridgehead atoms. The summed E-state index contributed by atoms with van der Waals surface area (Å²) in [7, 11) is 0. The summed E-state index contributed by atoms with van der Waals surface area (Å²) in [6.45, 7) is 1.40. The highest BCUT2D eigenvalue weighted by molar-refractivity contribution is 5.83. The molecule has 0 radical (unpaired) electrons. The van der Waals surface area contributed by atoms with Crippen LogP contribution in [0.3, 0.4) is 0 Å². The first-order chi connectivity index (χ1) is 4.06. The summed E-state index contributed by atoms with van der Waals surface area (Å²) in [5.41, 5.74) is 4.52. The molecule has 1 aliphatic rings. The summed E-state index contributed by atoms with van der Waals surface area (Å²) in [5, 5.41) is 9.22. The van der Waals surface area contributed by atoms with Crippen molar-refractivity contribution in [2.45, 2.75) is 31.4 Å². The maximum Gasteiger partial charge on any atom is 0.149 e. The molecule has 1 saturated carbocycles. The number of hydrogen-bond acceptors (Lipinski definition) is 3. The maximum atomic E-state index is 10.5. The molecule has 1 unspecified atom stereocenters. The lowest BCUT2D eigenvalue weighted by atomic mass is 10.1. The van der Waals surface area contributed by atoms with Crippen molar-refractivity contribution in [2.75, 3.05) is 0 Å². The van der Waals surface area contributed by atoms with Gasteiger partial charge < -0.3 is 10.8 Å². The number of rotatable bonds is 2. The average Bonchev–Trinajstić information content (AvgIpc) is 2.47. The van der Waals surface area contributed by atoms with Gasteiger partial charge in [0, 0.05) is 0 Å². The number of ketones is 1. The summed E-state index contributed by atoms with van der Waals surface area (Å²) in [5.74, 6) is -0.130. The highest BCUT2D eigenvalue weighted by atomic mass is 16.3. The molecule has 0 amide bonds. The van der Waals surface area contributed by atoms with E-state index in [1.807, 2.05) is 0 Å². The van der Waals surface area contributed by atoms with Crippen molar-refractivity contribution in [1.82, 2.24) is 0 Å². The lowest BCUT2D eigenvalue weighted by Gasteiger charge is -2.12. The second-order valence-electron chi connectivity index (χ2n) is 2.69. The SMILES string of the molecule is CC(=O)C(N)C1(O)CC1. The monoisotopic (exact) mass is 129 g/mol. The third-order valence-corrected chi connectivity index (χ3v) is 1.78. The molecule has 0 spiro atoms. The van der Waals surface area contributed by atoms with Gasteiger partial charge in [-0.1, -0.05) is 0 Å². The molecule has 1 atom stereocenters. The van der Waals surface area contributed by atoms with E-state index in [0.717, 1.165) is 0 Å². The van der Waals surface area contributed by atoms with E-state index >= 15 is 0 Å². The van der Waals surface area contributed by atoms with Gasteiger partial charge >= 0.3 is 0 Å². The van der Waals surface area contributed by atoms with E-state index in [1.165, 1.54) is 6.92 Å². The summed E-state index contributed by atoms with van der Waals surface area (Å²) in [6, 6.07) is -0.655. The number of carbonyl (C=O) groups excluding carboxylic acids is 1. The molecule has 1 rings (SSSR count). The highest BCUT2D eigenvalue weighted by Gasteiger charge is 2.47. The van der Waals surface area contributed by atoms with E-state index in [-0.39, 0.29) is 5.78 Å². The fourth-order valence-corrected chi connectivity index (χ4v) is 0.817. The Balaban J connectivity index is 2.52. The van der Waals surface area contributed by atoms with Gasteiger partial charge in [0.2, 0.25) is 0 Å². The first-order valence-electron chi connectivity index (χ1n) is 3.05. The standard InChI is InChI=1S/C6H11NO2/c1-4(8)5(7)6(9)2-3-6/h5,9H,2-3,7H2,1H3. The third-order valence-electron chi connectivity index (χ3n) is 1.78. The predicted molar refractivity (Wildman–Crippen MR) is 32.8 cm³/mol. The van der Waals surface area contributed by atoms with Gasteiger partial charge in [0.15, 0.2) is 0 Å². The minimum absolute atomic E-state index is 0.130. The zero-order chi connectivity index (χ0) is 7.07. The summed E-state index contributed by atoms with van der Waals surface area (Å²) >= 11 is 0. The molecule has 52 valence electrons. The van der Waals surface area contributed by atoms with Gasteiger partial charge in [0.05, 0.1) is 11.6 Å². The Bertz CT molecular complexity index is 140. The van der Waals surface area contributed by atoms with E-state index in [9.17, 15) is 9.90 Å². The van der Waals surface area contributed by atoms with Crippen LogP contribution in [-0.2, 0) is 4.79 Å². The smallest absolute Gasteiger partial charge is 0.149 e. The molecule has 0 aliphatic heterocycles. The zero-order valence-electron chi connectivity index (χ0n) is 5.42. The van der Waals surface area contributed by atoms with Crippen molar-refractivity contribution in [3.05, 3.63) is 0 Å². The Morgan fingerprint density at radius 1 is 1.78 bits per heavy atom. The molecule has 3 N–H and O–H groups in total. The topological polar surface area (TPSA) is 63.3 Å². The molecule has 0 aromatic heterocycles. The number of aliphatic hydroxyl groups is 1. The van der Waals surface area contributed by atoms with Crippen molar-refractivity contribution >= 4 is 5.78 Å². The fourth-order valence-electron chi connectivity index (χ4n) is 0.817. The van der Waals surface area contributed by atoms with Crippen LogP contribution in [0.25, 0.3) is 0 Å². The van der Waals surface area contributed by atoms with E-state index in [1.54, 1.807) is 0 Å². The number of nitrogens with two attached hydrogens (primary N) is 1. The normalized spacial score (nSPS) is 25.2. The average molecular weight is 129 g/mol. The van der Waals surface area contributed by atoms with Gasteiger partial charge in [-0.25, -0.2) is 0 Å². The van der Waals surface area contributed by atoms with E-state index < -0.39 is 11.6 Å². The Kier molecular flexibility index (Phi) is 1.33. The Hall–Kier alpha value is -0.410. The summed E-state index contributed by atoms with van der Waals surface area (Å²) < 4.78 is 0. The van der Waals surface area contributed by atoms with Gasteiger partial charge in [-0.2, -0.15) is 0 Å². The molecule has 3 heteroatoms. The molecule has 0 saturated heterocycles. The molecule has 9 heavy (non-hydrogen) atoms. The van der Waals surface area contributed by atoms with Gasteiger partial charge in [0.1, 0.15) is 5.78 Å². The molecule has 0 aromatic rings. The van der Waals surface area contributed by atoms with Crippen molar-refractivity contribution in [3.63, 3.8) is 0 Å². The molecule has 1 fully saturated rings. The first-order valence-corrected chi connectivity index (χ1v) is 3.05. The van der Waals surface area contributed by atoms with E-state index in [4.69, 9.17) is 5.73 Å². The van der Waals surface area contributed by atoms with Crippen molar-refractivity contribution < 1.29 is 9.90 Å². The van der Waals surface area contributed by atoms with Crippen LogP contribution in [0.5, 0.6) is 0 Å². The molecule has 1 aliphatic carbocycles. The van der Waals surface area contributed by atoms with Crippen molar-refractivity contribution in [3.8, 4) is 0 Å². The summed E-state index contributed by atoms with van der Waals surface area (Å²) in [4.78, 5) is 10.5. The molecule has 0 aromatic carbocycles. The number of Topliss-reactive ketones (excluding diaryl/α,β-unsaturated/α-hetero) is 1. The Morgan fingerprint density at radius 2 is 2.22 bits per heavy atom. The minimum atomic E-state index is -0.841. The van der Waals surface area contributed by atoms with Crippen LogP contribution in [0.2, 0.25) is 0 Å². The zero-order valence-corrected chi connectivity index (χ0v) is 5.42. The van der Waals surface area contributed by atoms with Gasteiger partial charge in [-0.05, 0) is 19.8 Å². The van der Waals surface area contributed by atoms with Crippen LogP contribution in [0.15, 0.2) is 0 Å². The van der Waals surface area contributed by atoms with Crippen LogP contribution in [-0.4, -0.2) is 22.5 Å². The quantitative estimate of drug-likeness (QED) is 0.524. The van der Waals surface area contributed by atoms with Crippen molar-refractivity contribution in [2.24, 2.45) is 5.73 Å². The van der Waals surface area contributed by atoms with Crippen LogP contribution in [0.4, 0.5) is 0 Å². The van der Waals surface area contributed by atoms with E-state index in [0.29, 0.717) is 12.8 Å². The molecular weight excluding hydrogens is 118 g/mol. The molecular formula is C6H11NO2. The van der Waals surface area contributed by atoms with Gasteiger partial charge in [-0.15, -0.1) is 0 Å². The first kappa shape index (κ1) is 6.71. The van der Waals surface area contributed by atoms with Gasteiger partial charge in [-0.3, -0.25) is 4.79 Å². The largest absolute Gasteiger partial charge is 0.388 e. The third kappa shape index (κ3) is 1.11.